The maximum atomic E-state index is 12.1. The van der Waals surface area contributed by atoms with Crippen LogP contribution in [0.25, 0.3) is 22.2 Å². The second kappa shape index (κ2) is 8.50. The number of rotatable bonds is 4. The molecule has 1 amide bonds. The van der Waals surface area contributed by atoms with Gasteiger partial charge < -0.3 is 25.4 Å². The number of amides is 1. The minimum atomic E-state index is 0.0146. The highest BCUT2D eigenvalue weighted by Crippen LogP contribution is 2.31. The molecule has 2 aliphatic heterocycles. The fourth-order valence-corrected chi connectivity index (χ4v) is 4.90. The van der Waals surface area contributed by atoms with Gasteiger partial charge in [0.1, 0.15) is 11.5 Å². The number of benzene rings is 2. The van der Waals surface area contributed by atoms with E-state index in [1.165, 1.54) is 5.69 Å². The Hall–Kier alpha value is -3.84. The molecule has 0 aliphatic carbocycles. The molecular formula is C27H28N6O. The van der Waals surface area contributed by atoms with Crippen molar-refractivity contribution in [1.82, 2.24) is 20.2 Å². The van der Waals surface area contributed by atoms with Gasteiger partial charge in [-0.05, 0) is 61.0 Å². The van der Waals surface area contributed by atoms with E-state index in [0.717, 1.165) is 77.4 Å². The first-order chi connectivity index (χ1) is 16.6. The van der Waals surface area contributed by atoms with Crippen molar-refractivity contribution in [3.8, 4) is 11.1 Å². The van der Waals surface area contributed by atoms with E-state index in [9.17, 15) is 4.79 Å². The van der Waals surface area contributed by atoms with Gasteiger partial charge in [0.05, 0.1) is 0 Å². The summed E-state index contributed by atoms with van der Waals surface area (Å²) < 4.78 is 0. The summed E-state index contributed by atoms with van der Waals surface area (Å²) in [5.41, 5.74) is 7.18. The van der Waals surface area contributed by atoms with Crippen molar-refractivity contribution >= 4 is 34.1 Å². The van der Waals surface area contributed by atoms with Crippen LogP contribution in [0.3, 0.4) is 0 Å². The lowest BCUT2D eigenvalue weighted by Crippen LogP contribution is -2.44. The van der Waals surface area contributed by atoms with Gasteiger partial charge in [0.15, 0.2) is 0 Å². The van der Waals surface area contributed by atoms with Gasteiger partial charge in [-0.25, -0.2) is 4.98 Å². The summed E-state index contributed by atoms with van der Waals surface area (Å²) in [4.78, 5) is 25.0. The fourth-order valence-electron chi connectivity index (χ4n) is 4.90. The molecule has 0 spiro atoms. The molecule has 34 heavy (non-hydrogen) atoms. The van der Waals surface area contributed by atoms with Crippen molar-refractivity contribution in [2.75, 3.05) is 50.0 Å². The molecule has 0 saturated carbocycles. The fraction of sp³-hybridized carbons (Fsp3) is 0.259. The number of piperazine rings is 1. The van der Waals surface area contributed by atoms with E-state index in [1.807, 2.05) is 24.4 Å². The highest BCUT2D eigenvalue weighted by atomic mass is 16.1. The Morgan fingerprint density at radius 2 is 1.85 bits per heavy atom. The Kier molecular flexibility index (Phi) is 5.19. The smallest absolute Gasteiger partial charge is 0.251 e. The van der Waals surface area contributed by atoms with Crippen LogP contribution < -0.4 is 15.5 Å². The summed E-state index contributed by atoms with van der Waals surface area (Å²) in [5, 5.41) is 7.44. The van der Waals surface area contributed by atoms with Gasteiger partial charge in [-0.2, -0.15) is 0 Å². The van der Waals surface area contributed by atoms with Crippen LogP contribution in [0.5, 0.6) is 0 Å². The van der Waals surface area contributed by atoms with Crippen LogP contribution in [-0.2, 0) is 6.42 Å². The minimum Gasteiger partial charge on any atom is -0.369 e. The summed E-state index contributed by atoms with van der Waals surface area (Å²) in [5.74, 6) is 0.819. The van der Waals surface area contributed by atoms with Gasteiger partial charge in [0.2, 0.25) is 0 Å². The summed E-state index contributed by atoms with van der Waals surface area (Å²) >= 11 is 0. The molecule has 0 atom stereocenters. The molecule has 3 N–H and O–H groups in total. The Balaban J connectivity index is 1.24. The van der Waals surface area contributed by atoms with E-state index < -0.39 is 0 Å². The number of pyridine rings is 1. The lowest BCUT2D eigenvalue weighted by Gasteiger charge is -2.34. The third-order valence-electron chi connectivity index (χ3n) is 6.87. The first-order valence-corrected chi connectivity index (χ1v) is 11.8. The molecule has 4 aromatic rings. The molecule has 0 bridgehead atoms. The van der Waals surface area contributed by atoms with Gasteiger partial charge in [0, 0.05) is 66.8 Å². The van der Waals surface area contributed by atoms with E-state index >= 15 is 0 Å². The predicted octanol–water partition coefficient (Wildman–Crippen LogP) is 4.01. The number of hydrogen-bond acceptors (Lipinski definition) is 5. The van der Waals surface area contributed by atoms with E-state index in [2.05, 4.69) is 68.9 Å². The summed E-state index contributed by atoms with van der Waals surface area (Å²) in [6, 6.07) is 18.7. The molecule has 2 aromatic heterocycles. The second-order valence-electron chi connectivity index (χ2n) is 9.14. The number of likely N-dealkylation sites (N-methyl/N-ethyl adjacent to an activating group) is 1. The maximum absolute atomic E-state index is 12.1. The number of fused-ring (bicyclic) bond motifs is 2. The van der Waals surface area contributed by atoms with Crippen LogP contribution in [0.2, 0.25) is 0 Å². The molecule has 2 aromatic carbocycles. The van der Waals surface area contributed by atoms with Crippen molar-refractivity contribution in [2.24, 2.45) is 0 Å². The highest BCUT2D eigenvalue weighted by Gasteiger charge is 2.18. The van der Waals surface area contributed by atoms with Crippen molar-refractivity contribution in [1.29, 1.82) is 0 Å². The van der Waals surface area contributed by atoms with Crippen LogP contribution in [-0.4, -0.2) is 60.5 Å². The van der Waals surface area contributed by atoms with E-state index in [4.69, 9.17) is 4.98 Å². The van der Waals surface area contributed by atoms with Crippen molar-refractivity contribution in [3.63, 3.8) is 0 Å². The summed E-state index contributed by atoms with van der Waals surface area (Å²) in [6.45, 7) is 4.95. The van der Waals surface area contributed by atoms with Crippen LogP contribution in [0, 0.1) is 0 Å². The Morgan fingerprint density at radius 1 is 0.971 bits per heavy atom. The van der Waals surface area contributed by atoms with Crippen LogP contribution in [0.4, 0.5) is 17.2 Å². The van der Waals surface area contributed by atoms with Gasteiger partial charge in [-0.3, -0.25) is 4.79 Å². The van der Waals surface area contributed by atoms with E-state index in [1.54, 1.807) is 0 Å². The zero-order chi connectivity index (χ0) is 23.1. The first-order valence-electron chi connectivity index (χ1n) is 11.8. The van der Waals surface area contributed by atoms with Crippen molar-refractivity contribution < 1.29 is 4.79 Å². The molecule has 7 nitrogen and oxygen atoms in total. The molecule has 1 saturated heterocycles. The average molecular weight is 453 g/mol. The van der Waals surface area contributed by atoms with Gasteiger partial charge >= 0.3 is 0 Å². The monoisotopic (exact) mass is 452 g/mol. The zero-order valence-electron chi connectivity index (χ0n) is 19.3. The van der Waals surface area contributed by atoms with Gasteiger partial charge in [-0.1, -0.05) is 18.2 Å². The van der Waals surface area contributed by atoms with Crippen LogP contribution >= 0.6 is 0 Å². The van der Waals surface area contributed by atoms with E-state index in [-0.39, 0.29) is 5.91 Å². The standard InChI is InChI=1S/C27H28N6O/c1-32-11-13-33(14-12-32)21-4-2-3-20(16-21)30-25-8-7-23-24(17-29-26(23)31-25)18-5-6-22-19(15-18)9-10-28-27(22)34/h2-8,15-17H,9-14H2,1H3,(H,28,34)(H2,29,30,31). The molecule has 4 heterocycles. The summed E-state index contributed by atoms with van der Waals surface area (Å²) in [6.07, 6.45) is 2.86. The second-order valence-corrected chi connectivity index (χ2v) is 9.14. The highest BCUT2D eigenvalue weighted by molar-refractivity contribution is 5.99. The summed E-state index contributed by atoms with van der Waals surface area (Å²) in [7, 11) is 2.17. The third kappa shape index (κ3) is 3.88. The third-order valence-corrected chi connectivity index (χ3v) is 6.87. The number of hydrogen-bond donors (Lipinski definition) is 3. The number of carbonyl (C=O) groups excluding carboxylic acids is 1. The van der Waals surface area contributed by atoms with E-state index in [0.29, 0.717) is 6.54 Å². The Morgan fingerprint density at radius 3 is 2.74 bits per heavy atom. The molecule has 6 rings (SSSR count). The van der Waals surface area contributed by atoms with Crippen LogP contribution in [0.15, 0.2) is 60.8 Å². The average Bonchev–Trinajstić information content (AvgIpc) is 3.28. The molecule has 2 aliphatic rings. The van der Waals surface area contributed by atoms with Gasteiger partial charge in [-0.15, -0.1) is 0 Å². The number of nitrogens with one attached hydrogen (secondary N) is 3. The van der Waals surface area contributed by atoms with Gasteiger partial charge in [0.25, 0.3) is 5.91 Å². The lowest BCUT2D eigenvalue weighted by molar-refractivity contribution is 0.0946. The molecule has 0 radical (unpaired) electrons. The molecule has 7 heteroatoms. The Labute approximate surface area is 198 Å². The largest absolute Gasteiger partial charge is 0.369 e. The predicted molar refractivity (Wildman–Crippen MR) is 137 cm³/mol. The number of carbonyl (C=O) groups is 1. The zero-order valence-corrected chi connectivity index (χ0v) is 19.3. The number of H-pyrrole nitrogens is 1. The molecule has 1 fully saturated rings. The quantitative estimate of drug-likeness (QED) is 0.436. The van der Waals surface area contributed by atoms with Crippen molar-refractivity contribution in [3.05, 3.63) is 71.9 Å². The number of anilines is 3. The normalized spacial score (nSPS) is 16.4. The minimum absolute atomic E-state index is 0.0146. The van der Waals surface area contributed by atoms with Crippen LogP contribution in [0.1, 0.15) is 15.9 Å². The SMILES string of the molecule is CN1CCN(c2cccc(Nc3ccc4c(-c5ccc6c(c5)CCNC6=O)c[nH]c4n3)c2)CC1. The molecule has 172 valence electrons. The topological polar surface area (TPSA) is 76.3 Å². The Bertz CT molecular complexity index is 1370. The number of nitrogens with zero attached hydrogens (tertiary/aromatic N) is 3. The lowest BCUT2D eigenvalue weighted by atomic mass is 9.95. The number of aromatic nitrogens is 2. The maximum Gasteiger partial charge on any atom is 0.251 e. The number of aromatic amines is 1. The van der Waals surface area contributed by atoms with Crippen molar-refractivity contribution in [2.45, 2.75) is 6.42 Å². The molecular weight excluding hydrogens is 424 g/mol. The molecule has 0 unspecified atom stereocenters. The first kappa shape index (κ1) is 20.7.